The first-order chi connectivity index (χ1) is 11.6. The normalized spacial score (nSPS) is 10.4. The van der Waals surface area contributed by atoms with Crippen LogP contribution in [0.3, 0.4) is 0 Å². The Morgan fingerprint density at radius 3 is 2.46 bits per heavy atom. The predicted molar refractivity (Wildman–Crippen MR) is 96.6 cm³/mol. The third kappa shape index (κ3) is 3.75. The Balaban J connectivity index is 1.83. The Morgan fingerprint density at radius 1 is 1.00 bits per heavy atom. The van der Waals surface area contributed by atoms with Crippen LogP contribution in [0.4, 0.5) is 5.69 Å². The molecule has 0 aliphatic carbocycles. The maximum absolute atomic E-state index is 12.4. The fraction of sp³-hybridized carbons (Fsp3) is 0.0526. The van der Waals surface area contributed by atoms with E-state index in [9.17, 15) is 9.59 Å². The van der Waals surface area contributed by atoms with Gasteiger partial charge in [0.1, 0.15) is 0 Å². The molecule has 3 aromatic rings. The van der Waals surface area contributed by atoms with Crippen molar-refractivity contribution in [3.8, 4) is 0 Å². The van der Waals surface area contributed by atoms with Gasteiger partial charge in [-0.3, -0.25) is 9.59 Å². The average Bonchev–Trinajstić information content (AvgIpc) is 2.60. The molecule has 1 amide bonds. The first-order valence-corrected chi connectivity index (χ1v) is 8.25. The van der Waals surface area contributed by atoms with Crippen molar-refractivity contribution in [3.05, 3.63) is 88.8 Å². The molecule has 3 rings (SSSR count). The van der Waals surface area contributed by atoms with Gasteiger partial charge in [-0.05, 0) is 30.3 Å². The molecule has 0 bridgehead atoms. The van der Waals surface area contributed by atoms with E-state index in [2.05, 4.69) is 5.32 Å². The molecule has 120 valence electrons. The van der Waals surface area contributed by atoms with Gasteiger partial charge in [-0.15, -0.1) is 0 Å². The van der Waals surface area contributed by atoms with Crippen LogP contribution in [0.15, 0.2) is 87.5 Å². The summed E-state index contributed by atoms with van der Waals surface area (Å²) in [4.78, 5) is 26.1. The fourth-order valence-corrected chi connectivity index (χ4v) is 3.08. The summed E-state index contributed by atoms with van der Waals surface area (Å²) in [6.07, 6.45) is 1.59. The summed E-state index contributed by atoms with van der Waals surface area (Å²) in [5.41, 5.74) is 0.851. The quantitative estimate of drug-likeness (QED) is 0.789. The zero-order valence-corrected chi connectivity index (χ0v) is 13.9. The molecule has 24 heavy (non-hydrogen) atoms. The van der Waals surface area contributed by atoms with Gasteiger partial charge in [-0.1, -0.05) is 42.1 Å². The van der Waals surface area contributed by atoms with Crippen molar-refractivity contribution in [1.82, 2.24) is 4.57 Å². The monoisotopic (exact) mass is 336 g/mol. The molecule has 0 aliphatic heterocycles. The molecular formula is C19H16N2O2S. The Hall–Kier alpha value is -2.79. The third-order valence-electron chi connectivity index (χ3n) is 3.47. The highest BCUT2D eigenvalue weighted by atomic mass is 32.2. The van der Waals surface area contributed by atoms with Crippen LogP contribution < -0.4 is 10.9 Å². The second-order valence-electron chi connectivity index (χ2n) is 5.23. The number of para-hydroxylation sites is 1. The molecule has 0 radical (unpaired) electrons. The van der Waals surface area contributed by atoms with Crippen molar-refractivity contribution >= 4 is 23.4 Å². The lowest BCUT2D eigenvalue weighted by atomic mass is 10.2. The molecule has 2 aromatic carbocycles. The number of hydrogen-bond donors (Lipinski definition) is 1. The van der Waals surface area contributed by atoms with Crippen LogP contribution in [0, 0.1) is 0 Å². The van der Waals surface area contributed by atoms with Crippen LogP contribution >= 0.6 is 11.8 Å². The van der Waals surface area contributed by atoms with E-state index < -0.39 is 0 Å². The zero-order chi connectivity index (χ0) is 16.9. The minimum atomic E-state index is -0.297. The summed E-state index contributed by atoms with van der Waals surface area (Å²) in [6.45, 7) is 0. The van der Waals surface area contributed by atoms with Crippen molar-refractivity contribution in [2.45, 2.75) is 9.79 Å². The molecule has 4 nitrogen and oxygen atoms in total. The highest BCUT2D eigenvalue weighted by molar-refractivity contribution is 7.99. The first-order valence-electron chi connectivity index (χ1n) is 7.43. The number of carbonyl (C=O) groups excluding carboxylic acids is 1. The van der Waals surface area contributed by atoms with Crippen LogP contribution in [0.1, 0.15) is 10.4 Å². The predicted octanol–water partition coefficient (Wildman–Crippen LogP) is 3.79. The minimum Gasteiger partial charge on any atom is -0.321 e. The summed E-state index contributed by atoms with van der Waals surface area (Å²) in [5.74, 6) is -0.297. The summed E-state index contributed by atoms with van der Waals surface area (Å²) in [6, 6.07) is 20.5. The van der Waals surface area contributed by atoms with E-state index in [4.69, 9.17) is 0 Å². The van der Waals surface area contributed by atoms with Crippen LogP contribution in [0.5, 0.6) is 0 Å². The number of pyridine rings is 1. The highest BCUT2D eigenvalue weighted by Gasteiger charge is 2.10. The number of anilines is 1. The molecule has 0 aliphatic rings. The maximum Gasteiger partial charge on any atom is 0.255 e. The lowest BCUT2D eigenvalue weighted by molar-refractivity contribution is 0.102. The Bertz CT molecular complexity index is 920. The summed E-state index contributed by atoms with van der Waals surface area (Å²) >= 11 is 1.58. The summed E-state index contributed by atoms with van der Waals surface area (Å²) < 4.78 is 1.43. The lowest BCUT2D eigenvalue weighted by Gasteiger charge is -2.11. The zero-order valence-electron chi connectivity index (χ0n) is 13.1. The molecular weight excluding hydrogens is 320 g/mol. The van der Waals surface area contributed by atoms with Crippen molar-refractivity contribution in [1.29, 1.82) is 0 Å². The number of amides is 1. The lowest BCUT2D eigenvalue weighted by Crippen LogP contribution is -2.20. The van der Waals surface area contributed by atoms with Gasteiger partial charge in [-0.25, -0.2) is 0 Å². The standard InChI is InChI=1S/C19H16N2O2S/c1-21-12-11-14(13-18(21)22)19(23)20-16-9-5-6-10-17(16)24-15-7-3-2-4-8-15/h2-13H,1H3,(H,20,23). The van der Waals surface area contributed by atoms with E-state index in [-0.39, 0.29) is 11.5 Å². The van der Waals surface area contributed by atoms with E-state index in [1.54, 1.807) is 31.1 Å². The van der Waals surface area contributed by atoms with Gasteiger partial charge in [-0.2, -0.15) is 0 Å². The molecule has 0 fully saturated rings. The largest absolute Gasteiger partial charge is 0.321 e. The molecule has 0 atom stereocenters. The van der Waals surface area contributed by atoms with Gasteiger partial charge < -0.3 is 9.88 Å². The average molecular weight is 336 g/mol. The molecule has 1 N–H and O–H groups in total. The molecule has 5 heteroatoms. The number of benzene rings is 2. The van der Waals surface area contributed by atoms with Gasteiger partial charge in [0.15, 0.2) is 0 Å². The van der Waals surface area contributed by atoms with E-state index in [0.717, 1.165) is 15.5 Å². The van der Waals surface area contributed by atoms with Crippen LogP contribution in [-0.2, 0) is 7.05 Å². The highest BCUT2D eigenvalue weighted by Crippen LogP contribution is 2.33. The Morgan fingerprint density at radius 2 is 1.71 bits per heavy atom. The number of nitrogens with zero attached hydrogens (tertiary/aromatic N) is 1. The van der Waals surface area contributed by atoms with E-state index in [1.165, 1.54) is 10.6 Å². The smallest absolute Gasteiger partial charge is 0.255 e. The second-order valence-corrected chi connectivity index (χ2v) is 6.35. The van der Waals surface area contributed by atoms with Crippen molar-refractivity contribution < 1.29 is 4.79 Å². The Labute approximate surface area is 144 Å². The topological polar surface area (TPSA) is 51.1 Å². The minimum absolute atomic E-state index is 0.213. The van der Waals surface area contributed by atoms with Gasteiger partial charge >= 0.3 is 0 Å². The molecule has 0 saturated heterocycles. The van der Waals surface area contributed by atoms with Crippen LogP contribution in [0.2, 0.25) is 0 Å². The third-order valence-corrected chi connectivity index (χ3v) is 4.56. The van der Waals surface area contributed by atoms with Gasteiger partial charge in [0.05, 0.1) is 5.69 Å². The summed E-state index contributed by atoms with van der Waals surface area (Å²) in [7, 11) is 1.65. The maximum atomic E-state index is 12.4. The number of aromatic nitrogens is 1. The second kappa shape index (κ2) is 7.19. The molecule has 0 saturated carbocycles. The van der Waals surface area contributed by atoms with Gasteiger partial charge in [0.2, 0.25) is 0 Å². The summed E-state index contributed by atoms with van der Waals surface area (Å²) in [5, 5.41) is 2.89. The van der Waals surface area contributed by atoms with Crippen molar-refractivity contribution in [2.75, 3.05) is 5.32 Å². The van der Waals surface area contributed by atoms with Crippen LogP contribution in [0.25, 0.3) is 0 Å². The van der Waals surface area contributed by atoms with E-state index in [0.29, 0.717) is 5.56 Å². The number of aryl methyl sites for hydroxylation is 1. The first kappa shape index (κ1) is 16.1. The number of carbonyl (C=O) groups is 1. The van der Waals surface area contributed by atoms with Crippen molar-refractivity contribution in [3.63, 3.8) is 0 Å². The van der Waals surface area contributed by atoms with E-state index >= 15 is 0 Å². The fourth-order valence-electron chi connectivity index (χ4n) is 2.16. The van der Waals surface area contributed by atoms with Crippen molar-refractivity contribution in [2.24, 2.45) is 7.05 Å². The molecule has 1 heterocycles. The Kier molecular flexibility index (Phi) is 4.82. The molecule has 0 spiro atoms. The molecule has 0 unspecified atom stereocenters. The van der Waals surface area contributed by atoms with Gasteiger partial charge in [0, 0.05) is 34.7 Å². The number of nitrogens with one attached hydrogen (secondary N) is 1. The number of hydrogen-bond acceptors (Lipinski definition) is 3. The molecule has 1 aromatic heterocycles. The SMILES string of the molecule is Cn1ccc(C(=O)Nc2ccccc2Sc2ccccc2)cc1=O. The van der Waals surface area contributed by atoms with E-state index in [1.807, 2.05) is 54.6 Å². The van der Waals surface area contributed by atoms with Gasteiger partial charge in [0.25, 0.3) is 11.5 Å². The number of rotatable bonds is 4. The van der Waals surface area contributed by atoms with Crippen LogP contribution in [-0.4, -0.2) is 10.5 Å².